The number of benzene rings is 2. The number of ether oxygens (including phenoxy) is 1. The number of thiophene rings is 1. The van der Waals surface area contributed by atoms with Crippen LogP contribution in [0.25, 0.3) is 22.0 Å². The second-order valence-corrected chi connectivity index (χ2v) is 8.53. The molecule has 0 atom stereocenters. The molecule has 1 saturated heterocycles. The Hall–Kier alpha value is -3.49. The van der Waals surface area contributed by atoms with Crippen molar-refractivity contribution in [3.63, 3.8) is 0 Å². The average Bonchev–Trinajstić information content (AvgIpc) is 3.37. The molecule has 3 heterocycles. The van der Waals surface area contributed by atoms with E-state index in [1.54, 1.807) is 13.1 Å². The number of morpholine rings is 1. The fourth-order valence-corrected chi connectivity index (χ4v) is 4.59. The highest BCUT2D eigenvalue weighted by Crippen LogP contribution is 2.34. The van der Waals surface area contributed by atoms with E-state index < -0.39 is 0 Å². The van der Waals surface area contributed by atoms with Gasteiger partial charge in [-0.3, -0.25) is 9.59 Å². The summed E-state index contributed by atoms with van der Waals surface area (Å²) in [5.41, 5.74) is 3.04. The van der Waals surface area contributed by atoms with Crippen LogP contribution < -0.4 is 15.8 Å². The van der Waals surface area contributed by atoms with Gasteiger partial charge in [-0.05, 0) is 29.6 Å². The van der Waals surface area contributed by atoms with Crippen molar-refractivity contribution < 1.29 is 9.53 Å². The Kier molecular flexibility index (Phi) is 5.46. The molecule has 2 aromatic heterocycles. The third-order valence-corrected chi connectivity index (χ3v) is 6.44. The number of amides is 1. The number of hydrogen-bond donors (Lipinski definition) is 1. The zero-order valence-electron chi connectivity index (χ0n) is 17.6. The van der Waals surface area contributed by atoms with Gasteiger partial charge in [-0.2, -0.15) is 5.10 Å². The zero-order chi connectivity index (χ0) is 22.1. The highest BCUT2D eigenvalue weighted by Gasteiger charge is 2.19. The maximum Gasteiger partial charge on any atom is 0.274 e. The van der Waals surface area contributed by atoms with E-state index in [2.05, 4.69) is 15.3 Å². The van der Waals surface area contributed by atoms with Gasteiger partial charge in [0.15, 0.2) is 0 Å². The number of anilines is 2. The summed E-state index contributed by atoms with van der Waals surface area (Å²) < 4.78 is 6.86. The predicted molar refractivity (Wildman–Crippen MR) is 128 cm³/mol. The first-order valence-corrected chi connectivity index (χ1v) is 11.3. The molecule has 0 saturated carbocycles. The van der Waals surface area contributed by atoms with Crippen LogP contribution in [0.4, 0.5) is 11.4 Å². The Morgan fingerprint density at radius 3 is 2.59 bits per heavy atom. The number of nitrogens with zero attached hydrogens (tertiary/aromatic N) is 3. The van der Waals surface area contributed by atoms with Gasteiger partial charge in [0.2, 0.25) is 0 Å². The van der Waals surface area contributed by atoms with Crippen LogP contribution in [-0.2, 0) is 11.8 Å². The molecule has 5 rings (SSSR count). The Bertz CT molecular complexity index is 1340. The van der Waals surface area contributed by atoms with Crippen molar-refractivity contribution in [1.29, 1.82) is 0 Å². The molecule has 2 aromatic carbocycles. The van der Waals surface area contributed by atoms with E-state index in [1.165, 1.54) is 16.0 Å². The highest BCUT2D eigenvalue weighted by atomic mass is 32.1. The quantitative estimate of drug-likeness (QED) is 0.517. The van der Waals surface area contributed by atoms with E-state index >= 15 is 0 Å². The fraction of sp³-hybridized carbons (Fsp3) is 0.208. The summed E-state index contributed by atoms with van der Waals surface area (Å²) in [6.07, 6.45) is 0. The predicted octanol–water partition coefficient (Wildman–Crippen LogP) is 3.75. The number of aromatic nitrogens is 2. The van der Waals surface area contributed by atoms with Gasteiger partial charge >= 0.3 is 0 Å². The van der Waals surface area contributed by atoms with Crippen molar-refractivity contribution in [2.45, 2.75) is 0 Å². The van der Waals surface area contributed by atoms with Crippen LogP contribution in [-0.4, -0.2) is 42.0 Å². The van der Waals surface area contributed by atoms with Crippen LogP contribution in [0.15, 0.2) is 64.8 Å². The minimum Gasteiger partial charge on any atom is -0.378 e. The number of aryl methyl sites for hydroxylation is 1. The lowest BCUT2D eigenvalue weighted by atomic mass is 10.0. The van der Waals surface area contributed by atoms with Crippen LogP contribution in [0, 0.1) is 0 Å². The standard InChI is InChI=1S/C24H22N4O3S/c1-27-24(30)18-6-3-2-5-17(18)22(26-27)16-8-9-20(28-10-12-31-13-11-28)19(15-16)25-23(29)21-7-4-14-32-21/h2-9,14-15H,10-13H2,1H3,(H,25,29). The van der Waals surface area contributed by atoms with Gasteiger partial charge in [-0.15, -0.1) is 11.3 Å². The van der Waals surface area contributed by atoms with Crippen molar-refractivity contribution in [3.05, 3.63) is 75.2 Å². The van der Waals surface area contributed by atoms with Crippen LogP contribution in [0.3, 0.4) is 0 Å². The molecule has 32 heavy (non-hydrogen) atoms. The molecule has 1 aliphatic heterocycles. The molecule has 162 valence electrons. The molecule has 1 amide bonds. The SMILES string of the molecule is Cn1nc(-c2ccc(N3CCOCC3)c(NC(=O)c3cccs3)c2)c2ccccc2c1=O. The Morgan fingerprint density at radius 1 is 1.06 bits per heavy atom. The van der Waals surface area contributed by atoms with E-state index in [0.29, 0.717) is 34.9 Å². The summed E-state index contributed by atoms with van der Waals surface area (Å²) >= 11 is 1.40. The van der Waals surface area contributed by atoms with Crippen molar-refractivity contribution in [1.82, 2.24) is 9.78 Å². The van der Waals surface area contributed by atoms with Crippen LogP contribution in [0.1, 0.15) is 9.67 Å². The van der Waals surface area contributed by atoms with Gasteiger partial charge in [0.1, 0.15) is 0 Å². The Morgan fingerprint density at radius 2 is 1.84 bits per heavy atom. The second kappa shape index (κ2) is 8.57. The third-order valence-electron chi connectivity index (χ3n) is 5.57. The number of nitrogens with one attached hydrogen (secondary N) is 1. The molecule has 0 bridgehead atoms. The van der Waals surface area contributed by atoms with E-state index in [0.717, 1.165) is 29.7 Å². The summed E-state index contributed by atoms with van der Waals surface area (Å²) in [5.74, 6) is -0.148. The minimum absolute atomic E-state index is 0.138. The summed E-state index contributed by atoms with van der Waals surface area (Å²) in [4.78, 5) is 28.3. The van der Waals surface area contributed by atoms with Gasteiger partial charge in [-0.1, -0.05) is 30.3 Å². The van der Waals surface area contributed by atoms with Crippen molar-refractivity contribution >= 4 is 39.4 Å². The first kappa shape index (κ1) is 20.4. The highest BCUT2D eigenvalue weighted by molar-refractivity contribution is 7.12. The van der Waals surface area contributed by atoms with Gasteiger partial charge in [0, 0.05) is 31.1 Å². The van der Waals surface area contributed by atoms with Crippen molar-refractivity contribution in [2.24, 2.45) is 7.05 Å². The molecule has 0 unspecified atom stereocenters. The molecule has 1 fully saturated rings. The number of carbonyl (C=O) groups is 1. The normalized spacial score (nSPS) is 14.0. The van der Waals surface area contributed by atoms with Crippen LogP contribution in [0.2, 0.25) is 0 Å². The summed E-state index contributed by atoms with van der Waals surface area (Å²) in [6, 6.07) is 17.1. The van der Waals surface area contributed by atoms with Crippen LogP contribution in [0.5, 0.6) is 0 Å². The first-order valence-electron chi connectivity index (χ1n) is 10.4. The monoisotopic (exact) mass is 446 g/mol. The molecule has 7 nitrogen and oxygen atoms in total. The smallest absolute Gasteiger partial charge is 0.274 e. The maximum atomic E-state index is 12.9. The van der Waals surface area contributed by atoms with E-state index in [1.807, 2.05) is 53.9 Å². The lowest BCUT2D eigenvalue weighted by Gasteiger charge is -2.30. The summed E-state index contributed by atoms with van der Waals surface area (Å²) in [6.45, 7) is 2.80. The van der Waals surface area contributed by atoms with E-state index in [9.17, 15) is 9.59 Å². The average molecular weight is 447 g/mol. The molecule has 1 aliphatic rings. The molecule has 8 heteroatoms. The molecular weight excluding hydrogens is 424 g/mol. The summed E-state index contributed by atoms with van der Waals surface area (Å²) in [7, 11) is 1.65. The zero-order valence-corrected chi connectivity index (χ0v) is 18.4. The fourth-order valence-electron chi connectivity index (χ4n) is 3.97. The molecular formula is C24H22N4O3S. The molecule has 0 spiro atoms. The number of fused-ring (bicyclic) bond motifs is 1. The molecule has 1 N–H and O–H groups in total. The Labute approximate surface area is 188 Å². The number of rotatable bonds is 4. The summed E-state index contributed by atoms with van der Waals surface area (Å²) in [5, 5.41) is 10.9. The van der Waals surface area contributed by atoms with Gasteiger partial charge in [0.05, 0.1) is 40.5 Å². The van der Waals surface area contributed by atoms with Crippen LogP contribution >= 0.6 is 11.3 Å². The number of carbonyl (C=O) groups excluding carboxylic acids is 1. The number of hydrogen-bond acceptors (Lipinski definition) is 6. The van der Waals surface area contributed by atoms with Crippen molar-refractivity contribution in [2.75, 3.05) is 36.5 Å². The lowest BCUT2D eigenvalue weighted by molar-refractivity contribution is 0.103. The minimum atomic E-state index is -0.148. The topological polar surface area (TPSA) is 76.5 Å². The van der Waals surface area contributed by atoms with Gasteiger partial charge in [-0.25, -0.2) is 4.68 Å². The first-order chi connectivity index (χ1) is 15.6. The Balaban J connectivity index is 1.63. The molecule has 4 aromatic rings. The van der Waals surface area contributed by atoms with Gasteiger partial charge in [0.25, 0.3) is 11.5 Å². The van der Waals surface area contributed by atoms with E-state index in [4.69, 9.17) is 4.74 Å². The largest absolute Gasteiger partial charge is 0.378 e. The van der Waals surface area contributed by atoms with Crippen molar-refractivity contribution in [3.8, 4) is 11.3 Å². The molecule has 0 aliphatic carbocycles. The van der Waals surface area contributed by atoms with E-state index in [-0.39, 0.29) is 11.5 Å². The van der Waals surface area contributed by atoms with Gasteiger partial charge < -0.3 is 15.0 Å². The third kappa shape index (κ3) is 3.79. The second-order valence-electron chi connectivity index (χ2n) is 7.59. The lowest BCUT2D eigenvalue weighted by Crippen LogP contribution is -2.36. The molecule has 0 radical (unpaired) electrons. The maximum absolute atomic E-state index is 12.9.